The fraction of sp³-hybridized carbons (Fsp3) is 0.227. The quantitative estimate of drug-likeness (QED) is 0.388. The van der Waals surface area contributed by atoms with Crippen LogP contribution in [0.1, 0.15) is 26.3 Å². The Morgan fingerprint density at radius 3 is 2.10 bits per heavy atom. The van der Waals surface area contributed by atoms with Gasteiger partial charge in [-0.05, 0) is 29.8 Å². The topological polar surface area (TPSA) is 82.1 Å². The van der Waals surface area contributed by atoms with Crippen molar-refractivity contribution in [3.05, 3.63) is 77.9 Å². The first kappa shape index (κ1) is 20.3. The van der Waals surface area contributed by atoms with Crippen molar-refractivity contribution in [2.45, 2.75) is 18.8 Å². The third kappa shape index (κ3) is 3.90. The fourth-order valence-electron chi connectivity index (χ4n) is 3.17. The van der Waals surface area contributed by atoms with Gasteiger partial charge in [0.2, 0.25) is 0 Å². The lowest BCUT2D eigenvalue weighted by Crippen LogP contribution is -2.52. The van der Waals surface area contributed by atoms with Crippen molar-refractivity contribution in [1.82, 2.24) is 4.90 Å². The summed E-state index contributed by atoms with van der Waals surface area (Å²) < 4.78 is 15.8. The molecule has 0 aliphatic carbocycles. The Bertz CT molecular complexity index is 902. The van der Waals surface area contributed by atoms with Gasteiger partial charge in [0.25, 0.3) is 11.8 Å². The average Bonchev–Trinajstić information content (AvgIpc) is 3.01. The maximum atomic E-state index is 12.8. The van der Waals surface area contributed by atoms with Crippen LogP contribution in [0.3, 0.4) is 0 Å². The molecule has 0 fully saturated rings. The van der Waals surface area contributed by atoms with E-state index >= 15 is 0 Å². The fourth-order valence-corrected chi connectivity index (χ4v) is 3.17. The summed E-state index contributed by atoms with van der Waals surface area (Å²) in [7, 11) is 2.76. The number of imide groups is 1. The maximum Gasteiger partial charge on any atom is 0.332 e. The number of hydrogen-bond acceptors (Lipinski definition) is 6. The monoisotopic (exact) mass is 395 g/mol. The molecule has 0 unspecified atom stereocenters. The van der Waals surface area contributed by atoms with Crippen molar-refractivity contribution in [3.63, 3.8) is 0 Å². The number of carbonyl (C=O) groups excluding carboxylic acids is 3. The van der Waals surface area contributed by atoms with Crippen molar-refractivity contribution in [2.75, 3.05) is 14.2 Å². The average molecular weight is 395 g/mol. The molecule has 0 saturated carbocycles. The Labute approximate surface area is 168 Å². The summed E-state index contributed by atoms with van der Waals surface area (Å²) in [5.41, 5.74) is 1.30. The van der Waals surface area contributed by atoms with Crippen LogP contribution in [0, 0.1) is 0 Å². The predicted molar refractivity (Wildman–Crippen MR) is 105 cm³/mol. The first-order valence-electron chi connectivity index (χ1n) is 8.93. The first-order valence-corrected chi connectivity index (χ1v) is 8.93. The van der Waals surface area contributed by atoms with Crippen molar-refractivity contribution in [3.8, 4) is 5.75 Å². The highest BCUT2D eigenvalue weighted by Gasteiger charge is 2.46. The lowest BCUT2D eigenvalue weighted by Gasteiger charge is -2.29. The van der Waals surface area contributed by atoms with Gasteiger partial charge in [-0.1, -0.05) is 30.3 Å². The Kier molecular flexibility index (Phi) is 6.09. The zero-order chi connectivity index (χ0) is 21.0. The summed E-state index contributed by atoms with van der Waals surface area (Å²) in [5.74, 6) is -1.20. The van der Waals surface area contributed by atoms with Crippen LogP contribution in [0.15, 0.2) is 61.2 Å². The SMILES string of the molecule is C=C[C@H](OCc1ccc(OC)cc1)[C@H](C(=O)OC)N1C(=O)c2ccccc2C1=O. The third-order valence-corrected chi connectivity index (χ3v) is 4.69. The predicted octanol–water partition coefficient (Wildman–Crippen LogP) is 2.60. The highest BCUT2D eigenvalue weighted by Crippen LogP contribution is 2.27. The molecule has 0 saturated heterocycles. The number of esters is 1. The van der Waals surface area contributed by atoms with E-state index in [2.05, 4.69) is 6.58 Å². The van der Waals surface area contributed by atoms with E-state index in [9.17, 15) is 14.4 Å². The lowest BCUT2D eigenvalue weighted by atomic mass is 10.1. The highest BCUT2D eigenvalue weighted by atomic mass is 16.5. The molecule has 2 aromatic carbocycles. The van der Waals surface area contributed by atoms with Crippen LogP contribution in [-0.4, -0.2) is 49.0 Å². The van der Waals surface area contributed by atoms with Crippen molar-refractivity contribution >= 4 is 17.8 Å². The first-order chi connectivity index (χ1) is 14.0. The zero-order valence-electron chi connectivity index (χ0n) is 16.2. The Hall–Kier alpha value is -3.45. The van der Waals surface area contributed by atoms with Crippen molar-refractivity contribution in [2.24, 2.45) is 0 Å². The van der Waals surface area contributed by atoms with Crippen molar-refractivity contribution in [1.29, 1.82) is 0 Å². The van der Waals surface area contributed by atoms with Gasteiger partial charge in [-0.3, -0.25) is 14.5 Å². The molecule has 7 nitrogen and oxygen atoms in total. The molecule has 2 atom stereocenters. The molecule has 0 bridgehead atoms. The molecule has 1 heterocycles. The van der Waals surface area contributed by atoms with Crippen molar-refractivity contribution < 1.29 is 28.6 Å². The van der Waals surface area contributed by atoms with E-state index in [0.29, 0.717) is 5.75 Å². The standard InChI is InChI=1S/C22H21NO6/c1-4-18(29-13-14-9-11-15(27-2)12-10-14)19(22(26)28-3)23-20(24)16-7-5-6-8-17(16)21(23)25/h4-12,18-19H,1,13H2,2-3H3/t18-,19+/m0/s1. The molecule has 150 valence electrons. The minimum absolute atomic E-state index is 0.136. The lowest BCUT2D eigenvalue weighted by molar-refractivity contribution is -0.149. The number of amides is 2. The minimum atomic E-state index is -1.29. The number of benzene rings is 2. The third-order valence-electron chi connectivity index (χ3n) is 4.69. The largest absolute Gasteiger partial charge is 0.497 e. The summed E-state index contributed by atoms with van der Waals surface area (Å²) >= 11 is 0. The van der Waals surface area contributed by atoms with Gasteiger partial charge in [-0.2, -0.15) is 0 Å². The molecule has 3 rings (SSSR count). The number of ether oxygens (including phenoxy) is 3. The normalized spacial score (nSPS) is 14.9. The Morgan fingerprint density at radius 2 is 1.62 bits per heavy atom. The van der Waals surface area contributed by atoms with Crippen LogP contribution in [0.5, 0.6) is 5.75 Å². The molecule has 0 radical (unpaired) electrons. The smallest absolute Gasteiger partial charge is 0.332 e. The van der Waals surface area contributed by atoms with E-state index in [4.69, 9.17) is 14.2 Å². The molecule has 0 N–H and O–H groups in total. The summed E-state index contributed by atoms with van der Waals surface area (Å²) in [6.45, 7) is 3.84. The maximum absolute atomic E-state index is 12.8. The zero-order valence-corrected chi connectivity index (χ0v) is 16.2. The van der Waals surface area contributed by atoms with Gasteiger partial charge in [-0.15, -0.1) is 6.58 Å². The molecule has 7 heteroatoms. The molecule has 29 heavy (non-hydrogen) atoms. The molecule has 0 spiro atoms. The van der Waals surface area contributed by atoms with Crippen LogP contribution in [-0.2, 0) is 20.9 Å². The van der Waals surface area contributed by atoms with Gasteiger partial charge in [0.05, 0.1) is 32.0 Å². The van der Waals surface area contributed by atoms with Gasteiger partial charge < -0.3 is 14.2 Å². The second-order valence-corrected chi connectivity index (χ2v) is 6.35. The molecule has 1 aliphatic rings. The minimum Gasteiger partial charge on any atom is -0.497 e. The van der Waals surface area contributed by atoms with Gasteiger partial charge >= 0.3 is 5.97 Å². The number of hydrogen-bond donors (Lipinski definition) is 0. The van der Waals surface area contributed by atoms with Crippen LogP contribution in [0.2, 0.25) is 0 Å². The van der Waals surface area contributed by atoms with E-state index in [1.807, 2.05) is 12.1 Å². The van der Waals surface area contributed by atoms with E-state index in [0.717, 1.165) is 10.5 Å². The van der Waals surface area contributed by atoms with Crippen LogP contribution < -0.4 is 4.74 Å². The summed E-state index contributed by atoms with van der Waals surface area (Å²) in [6, 6.07) is 12.3. The van der Waals surface area contributed by atoms with Crippen LogP contribution in [0.4, 0.5) is 0 Å². The van der Waals surface area contributed by atoms with E-state index < -0.39 is 29.9 Å². The second-order valence-electron chi connectivity index (χ2n) is 6.35. The van der Waals surface area contributed by atoms with Gasteiger partial charge in [0.1, 0.15) is 11.9 Å². The number of fused-ring (bicyclic) bond motifs is 1. The molecule has 1 aliphatic heterocycles. The molecular formula is C22H21NO6. The second kappa shape index (κ2) is 8.70. The summed E-state index contributed by atoms with van der Waals surface area (Å²) in [4.78, 5) is 39.1. The van der Waals surface area contributed by atoms with Gasteiger partial charge in [0.15, 0.2) is 6.04 Å². The van der Waals surface area contributed by atoms with Gasteiger partial charge in [-0.25, -0.2) is 4.79 Å². The molecule has 2 aromatic rings. The number of rotatable bonds is 8. The van der Waals surface area contributed by atoms with E-state index in [-0.39, 0.29) is 17.7 Å². The van der Waals surface area contributed by atoms with Crippen LogP contribution >= 0.6 is 0 Å². The summed E-state index contributed by atoms with van der Waals surface area (Å²) in [5, 5.41) is 0. The molecule has 0 aromatic heterocycles. The number of methoxy groups -OCH3 is 2. The number of carbonyl (C=O) groups is 3. The Morgan fingerprint density at radius 1 is 1.03 bits per heavy atom. The molecular weight excluding hydrogens is 374 g/mol. The highest BCUT2D eigenvalue weighted by molar-refractivity contribution is 6.22. The number of nitrogens with zero attached hydrogens (tertiary/aromatic N) is 1. The van der Waals surface area contributed by atoms with E-state index in [1.165, 1.54) is 13.2 Å². The van der Waals surface area contributed by atoms with Crippen LogP contribution in [0.25, 0.3) is 0 Å². The summed E-state index contributed by atoms with van der Waals surface area (Å²) in [6.07, 6.45) is 0.432. The van der Waals surface area contributed by atoms with Gasteiger partial charge in [0, 0.05) is 0 Å². The molecule has 2 amide bonds. The van der Waals surface area contributed by atoms with E-state index in [1.54, 1.807) is 43.5 Å². The Balaban J connectivity index is 1.85.